The van der Waals surface area contributed by atoms with Gasteiger partial charge in [0.1, 0.15) is 12.0 Å². The Hall–Kier alpha value is -0.620. The maximum atomic E-state index is 11.5. The van der Waals surface area contributed by atoms with E-state index in [1.165, 1.54) is 13.2 Å². The van der Waals surface area contributed by atoms with Gasteiger partial charge in [-0.05, 0) is 34.7 Å². The largest absolute Gasteiger partial charge is 0.495 e. The molecule has 0 aromatic heterocycles. The summed E-state index contributed by atoms with van der Waals surface area (Å²) in [7, 11) is 1.48. The minimum Gasteiger partial charge on any atom is -0.495 e. The number of rotatable bonds is 4. The zero-order chi connectivity index (χ0) is 11.4. The first-order valence-corrected chi connectivity index (χ1v) is 5.67. The monoisotopic (exact) mass is 338 g/mol. The Labute approximate surface area is 106 Å². The normalized spacial score (nSPS) is 9.80. The Balaban J connectivity index is 3.38. The van der Waals surface area contributed by atoms with Crippen LogP contribution in [0.1, 0.15) is 20.7 Å². The topological polar surface area (TPSA) is 43.4 Å². The SMILES string of the molecule is COc1c(I)cc(C=O)cc1C(=O)CCl. The number of aldehydes is 1. The van der Waals surface area contributed by atoms with Crippen molar-refractivity contribution in [3.63, 3.8) is 0 Å². The van der Waals surface area contributed by atoms with Gasteiger partial charge in [-0.25, -0.2) is 0 Å². The molecule has 0 aliphatic carbocycles. The number of hydrogen-bond acceptors (Lipinski definition) is 3. The van der Waals surface area contributed by atoms with Crippen LogP contribution in [0.25, 0.3) is 0 Å². The van der Waals surface area contributed by atoms with Crippen molar-refractivity contribution in [1.29, 1.82) is 0 Å². The predicted octanol–water partition coefficient (Wildman–Crippen LogP) is 2.53. The fourth-order valence-electron chi connectivity index (χ4n) is 1.17. The first-order valence-electron chi connectivity index (χ1n) is 4.06. The smallest absolute Gasteiger partial charge is 0.181 e. The third-order valence-electron chi connectivity index (χ3n) is 1.83. The second-order valence-electron chi connectivity index (χ2n) is 2.76. The molecule has 0 bridgehead atoms. The highest BCUT2D eigenvalue weighted by molar-refractivity contribution is 14.1. The van der Waals surface area contributed by atoms with Crippen LogP contribution in [0.3, 0.4) is 0 Å². The molecule has 0 spiro atoms. The van der Waals surface area contributed by atoms with Crippen molar-refractivity contribution >= 4 is 46.3 Å². The van der Waals surface area contributed by atoms with Crippen LogP contribution in [-0.2, 0) is 0 Å². The third-order valence-corrected chi connectivity index (χ3v) is 2.87. The van der Waals surface area contributed by atoms with Gasteiger partial charge in [-0.3, -0.25) is 9.59 Å². The molecule has 0 aliphatic heterocycles. The van der Waals surface area contributed by atoms with E-state index in [4.69, 9.17) is 16.3 Å². The molecule has 0 atom stereocenters. The van der Waals surface area contributed by atoms with E-state index < -0.39 is 0 Å². The molecule has 0 saturated carbocycles. The lowest BCUT2D eigenvalue weighted by Gasteiger charge is -2.09. The van der Waals surface area contributed by atoms with Gasteiger partial charge in [0.15, 0.2) is 5.78 Å². The van der Waals surface area contributed by atoms with Crippen molar-refractivity contribution < 1.29 is 14.3 Å². The summed E-state index contributed by atoms with van der Waals surface area (Å²) >= 11 is 7.47. The van der Waals surface area contributed by atoms with E-state index >= 15 is 0 Å². The van der Waals surface area contributed by atoms with Gasteiger partial charge < -0.3 is 4.74 Å². The summed E-state index contributed by atoms with van der Waals surface area (Å²) in [4.78, 5) is 22.1. The number of methoxy groups -OCH3 is 1. The van der Waals surface area contributed by atoms with Gasteiger partial charge in [0.2, 0.25) is 0 Å². The van der Waals surface area contributed by atoms with Crippen molar-refractivity contribution in [2.45, 2.75) is 0 Å². The molecule has 0 radical (unpaired) electrons. The lowest BCUT2D eigenvalue weighted by Crippen LogP contribution is -2.06. The molecule has 80 valence electrons. The zero-order valence-corrected chi connectivity index (χ0v) is 10.8. The summed E-state index contributed by atoms with van der Waals surface area (Å²) in [5.74, 6) is 0.0800. The van der Waals surface area contributed by atoms with E-state index in [2.05, 4.69) is 0 Å². The molecule has 1 rings (SSSR count). The van der Waals surface area contributed by atoms with Crippen molar-refractivity contribution in [3.8, 4) is 5.75 Å². The van der Waals surface area contributed by atoms with Crippen LogP contribution in [0, 0.1) is 3.57 Å². The Kier molecular flexibility index (Phi) is 4.53. The first kappa shape index (κ1) is 12.4. The Morgan fingerprint density at radius 1 is 1.60 bits per heavy atom. The van der Waals surface area contributed by atoms with Crippen LogP contribution in [-0.4, -0.2) is 25.1 Å². The molecule has 0 saturated heterocycles. The number of alkyl halides is 1. The number of carbonyl (C=O) groups is 2. The van der Waals surface area contributed by atoms with Crippen molar-refractivity contribution in [3.05, 3.63) is 26.8 Å². The molecule has 3 nitrogen and oxygen atoms in total. The van der Waals surface area contributed by atoms with Crippen molar-refractivity contribution in [2.24, 2.45) is 0 Å². The molecule has 0 N–H and O–H groups in total. The molecular weight excluding hydrogens is 330 g/mol. The molecule has 0 aliphatic rings. The zero-order valence-electron chi connectivity index (χ0n) is 7.92. The fourth-order valence-corrected chi connectivity index (χ4v) is 2.18. The highest BCUT2D eigenvalue weighted by Gasteiger charge is 2.15. The molecule has 0 unspecified atom stereocenters. The Morgan fingerprint density at radius 3 is 2.73 bits per heavy atom. The van der Waals surface area contributed by atoms with Gasteiger partial charge in [0.25, 0.3) is 0 Å². The summed E-state index contributed by atoms with van der Waals surface area (Å²) in [6, 6.07) is 3.14. The minimum absolute atomic E-state index is 0.130. The number of hydrogen-bond donors (Lipinski definition) is 0. The van der Waals surface area contributed by atoms with Crippen molar-refractivity contribution in [2.75, 3.05) is 13.0 Å². The van der Waals surface area contributed by atoms with Gasteiger partial charge in [-0.15, -0.1) is 11.6 Å². The van der Waals surface area contributed by atoms with Crippen LogP contribution in [0.5, 0.6) is 5.75 Å². The molecule has 5 heteroatoms. The summed E-state index contributed by atoms with van der Waals surface area (Å²) in [6.45, 7) is 0. The lowest BCUT2D eigenvalue weighted by molar-refractivity contribution is 0.101. The highest BCUT2D eigenvalue weighted by Crippen LogP contribution is 2.27. The summed E-state index contributed by atoms with van der Waals surface area (Å²) in [5.41, 5.74) is 0.787. The summed E-state index contributed by atoms with van der Waals surface area (Å²) in [6.07, 6.45) is 0.687. The van der Waals surface area contributed by atoms with Gasteiger partial charge in [0, 0.05) is 5.56 Å². The van der Waals surface area contributed by atoms with Crippen LogP contribution >= 0.6 is 34.2 Å². The average Bonchev–Trinajstić information content (AvgIpc) is 2.26. The van der Waals surface area contributed by atoms with Gasteiger partial charge in [-0.1, -0.05) is 0 Å². The van der Waals surface area contributed by atoms with Crippen LogP contribution < -0.4 is 4.74 Å². The molecule has 0 amide bonds. The number of Topliss-reactive ketones (excluding diaryl/α,β-unsaturated/α-hetero) is 1. The third kappa shape index (κ3) is 2.69. The molecule has 1 aromatic rings. The van der Waals surface area contributed by atoms with E-state index in [0.29, 0.717) is 26.7 Å². The van der Waals surface area contributed by atoms with Crippen molar-refractivity contribution in [1.82, 2.24) is 0 Å². The minimum atomic E-state index is -0.255. The molecule has 15 heavy (non-hydrogen) atoms. The van der Waals surface area contributed by atoms with Gasteiger partial charge in [-0.2, -0.15) is 0 Å². The van der Waals surface area contributed by atoms with E-state index in [9.17, 15) is 9.59 Å². The van der Waals surface area contributed by atoms with E-state index in [0.717, 1.165) is 0 Å². The second kappa shape index (κ2) is 5.46. The predicted molar refractivity (Wildman–Crippen MR) is 66.1 cm³/mol. The summed E-state index contributed by atoms with van der Waals surface area (Å²) in [5, 5.41) is 0. The number of ether oxygens (including phenoxy) is 1. The number of ketones is 1. The molecule has 0 fully saturated rings. The van der Waals surface area contributed by atoms with E-state index in [1.54, 1.807) is 6.07 Å². The maximum Gasteiger partial charge on any atom is 0.181 e. The number of carbonyl (C=O) groups excluding carboxylic acids is 2. The van der Waals surface area contributed by atoms with Gasteiger partial charge >= 0.3 is 0 Å². The lowest BCUT2D eigenvalue weighted by atomic mass is 10.1. The highest BCUT2D eigenvalue weighted by atomic mass is 127. The van der Waals surface area contributed by atoms with E-state index in [1.807, 2.05) is 22.6 Å². The fraction of sp³-hybridized carbons (Fsp3) is 0.200. The van der Waals surface area contributed by atoms with Gasteiger partial charge in [0.05, 0.1) is 22.1 Å². The molecule has 0 heterocycles. The Morgan fingerprint density at radius 2 is 2.27 bits per heavy atom. The molecule has 1 aromatic carbocycles. The second-order valence-corrected chi connectivity index (χ2v) is 4.19. The maximum absolute atomic E-state index is 11.5. The van der Waals surface area contributed by atoms with E-state index in [-0.39, 0.29) is 11.7 Å². The quantitative estimate of drug-likeness (QED) is 0.367. The number of halogens is 2. The first-order chi connectivity index (χ1) is 7.13. The van der Waals surface area contributed by atoms with Crippen LogP contribution in [0.2, 0.25) is 0 Å². The standard InChI is InChI=1S/C10H8ClIO3/c1-15-10-7(9(14)4-11)2-6(5-13)3-8(10)12/h2-3,5H,4H2,1H3. The van der Waals surface area contributed by atoms with Crippen LogP contribution in [0.4, 0.5) is 0 Å². The molecular formula is C10H8ClIO3. The average molecular weight is 339 g/mol. The number of benzene rings is 1. The Bertz CT molecular complexity index is 404. The van der Waals surface area contributed by atoms with Crippen LogP contribution in [0.15, 0.2) is 12.1 Å². The summed E-state index contributed by atoms with van der Waals surface area (Å²) < 4.78 is 5.81.